The number of aromatic nitrogens is 2. The number of amides is 1. The van der Waals surface area contributed by atoms with Crippen molar-refractivity contribution in [3.05, 3.63) is 83.7 Å². The van der Waals surface area contributed by atoms with Crippen LogP contribution in [0.1, 0.15) is 42.3 Å². The number of ether oxygens (including phenoxy) is 1. The van der Waals surface area contributed by atoms with Crippen molar-refractivity contribution >= 4 is 5.91 Å². The van der Waals surface area contributed by atoms with Crippen molar-refractivity contribution in [3.63, 3.8) is 0 Å². The molecular weight excluding hydrogens is 369 g/mol. The topological polar surface area (TPSA) is 56.1 Å². The van der Waals surface area contributed by atoms with Gasteiger partial charge in [0.1, 0.15) is 23.4 Å². The molecule has 152 valence electrons. The number of nitrogens with one attached hydrogen (secondary N) is 1. The molecule has 1 heterocycles. The monoisotopic (exact) mass is 395 g/mol. The number of hydrogen-bond acceptors (Lipinski definition) is 3. The maximum atomic E-state index is 13.3. The third-order valence-corrected chi connectivity index (χ3v) is 4.68. The number of nitrogens with zero attached hydrogens (tertiary/aromatic N) is 2. The van der Waals surface area contributed by atoms with E-state index in [9.17, 15) is 9.18 Å². The summed E-state index contributed by atoms with van der Waals surface area (Å²) in [4.78, 5) is 16.9. The van der Waals surface area contributed by atoms with Gasteiger partial charge in [0, 0.05) is 25.9 Å². The Morgan fingerprint density at radius 2 is 2.00 bits per heavy atom. The van der Waals surface area contributed by atoms with Crippen LogP contribution in [0.25, 0.3) is 0 Å². The molecule has 0 radical (unpaired) electrons. The van der Waals surface area contributed by atoms with Crippen LogP contribution in [0.15, 0.2) is 60.9 Å². The van der Waals surface area contributed by atoms with Crippen LogP contribution in [0, 0.1) is 12.7 Å². The molecule has 0 aliphatic rings. The molecule has 0 aliphatic carbocycles. The highest BCUT2D eigenvalue weighted by atomic mass is 19.1. The van der Waals surface area contributed by atoms with Gasteiger partial charge in [-0.3, -0.25) is 4.79 Å². The molecule has 0 saturated carbocycles. The van der Waals surface area contributed by atoms with Gasteiger partial charge in [-0.25, -0.2) is 9.37 Å². The Labute approximate surface area is 170 Å². The highest BCUT2D eigenvalue weighted by Crippen LogP contribution is 2.21. The quantitative estimate of drug-likeness (QED) is 0.549. The minimum Gasteiger partial charge on any atom is -0.494 e. The van der Waals surface area contributed by atoms with Crippen molar-refractivity contribution in [2.75, 3.05) is 6.61 Å². The number of imidazole rings is 1. The summed E-state index contributed by atoms with van der Waals surface area (Å²) in [6, 6.07) is 13.6. The summed E-state index contributed by atoms with van der Waals surface area (Å²) in [5.74, 6) is 1.17. The maximum Gasteiger partial charge on any atom is 0.220 e. The number of benzene rings is 2. The fraction of sp³-hybridized carbons (Fsp3) is 0.304. The van der Waals surface area contributed by atoms with E-state index in [1.54, 1.807) is 18.3 Å². The van der Waals surface area contributed by atoms with E-state index < -0.39 is 6.04 Å². The van der Waals surface area contributed by atoms with Crippen LogP contribution in [0.5, 0.6) is 5.75 Å². The van der Waals surface area contributed by atoms with E-state index in [2.05, 4.69) is 10.3 Å². The summed E-state index contributed by atoms with van der Waals surface area (Å²) in [6.07, 6.45) is 5.39. The van der Waals surface area contributed by atoms with Crippen LogP contribution in [0.2, 0.25) is 0 Å². The Morgan fingerprint density at radius 3 is 2.69 bits per heavy atom. The first-order valence-corrected chi connectivity index (χ1v) is 9.74. The summed E-state index contributed by atoms with van der Waals surface area (Å²) in [6.45, 7) is 2.59. The van der Waals surface area contributed by atoms with Gasteiger partial charge < -0.3 is 14.6 Å². The molecule has 1 atom stereocenters. The highest BCUT2D eigenvalue weighted by molar-refractivity contribution is 5.76. The number of carbonyl (C=O) groups excluding carboxylic acids is 1. The second-order valence-corrected chi connectivity index (χ2v) is 7.07. The normalized spacial score (nSPS) is 11.8. The van der Waals surface area contributed by atoms with E-state index in [0.717, 1.165) is 23.3 Å². The smallest absolute Gasteiger partial charge is 0.220 e. The molecule has 3 aromatic rings. The average molecular weight is 395 g/mol. The lowest BCUT2D eigenvalue weighted by Crippen LogP contribution is -2.31. The van der Waals surface area contributed by atoms with Crippen molar-refractivity contribution in [2.24, 2.45) is 7.05 Å². The molecular formula is C23H26FN3O2. The van der Waals surface area contributed by atoms with Crippen LogP contribution >= 0.6 is 0 Å². The zero-order chi connectivity index (χ0) is 20.6. The molecule has 2 aromatic carbocycles. The zero-order valence-corrected chi connectivity index (χ0v) is 16.8. The molecule has 1 aromatic heterocycles. The molecule has 1 N–H and O–H groups in total. The summed E-state index contributed by atoms with van der Waals surface area (Å²) in [5, 5.41) is 3.03. The van der Waals surface area contributed by atoms with Crippen LogP contribution < -0.4 is 10.1 Å². The number of rotatable bonds is 9. The number of aryl methyl sites for hydroxylation is 2. The molecule has 6 heteroatoms. The number of carbonyl (C=O) groups is 1. The Kier molecular flexibility index (Phi) is 7.00. The first-order chi connectivity index (χ1) is 14.0. The molecule has 5 nitrogen and oxygen atoms in total. The number of unbranched alkanes of at least 4 members (excludes halogenated alkanes) is 1. The van der Waals surface area contributed by atoms with Crippen LogP contribution in [0.3, 0.4) is 0 Å². The van der Waals surface area contributed by atoms with E-state index in [0.29, 0.717) is 25.3 Å². The minimum atomic E-state index is -0.424. The second-order valence-electron chi connectivity index (χ2n) is 7.07. The first kappa shape index (κ1) is 20.6. The summed E-state index contributed by atoms with van der Waals surface area (Å²) >= 11 is 0. The van der Waals surface area contributed by atoms with E-state index in [-0.39, 0.29) is 11.7 Å². The molecule has 0 aliphatic heterocycles. The maximum absolute atomic E-state index is 13.3. The Balaban J connectivity index is 1.52. The molecule has 0 bridgehead atoms. The van der Waals surface area contributed by atoms with Gasteiger partial charge >= 0.3 is 0 Å². The van der Waals surface area contributed by atoms with Crippen LogP contribution in [-0.2, 0) is 11.8 Å². The molecule has 1 unspecified atom stereocenters. The van der Waals surface area contributed by atoms with Gasteiger partial charge in [0.2, 0.25) is 5.91 Å². The van der Waals surface area contributed by atoms with Gasteiger partial charge in [0.15, 0.2) is 0 Å². The number of hydrogen-bond donors (Lipinski definition) is 1. The Bertz CT molecular complexity index is 937. The fourth-order valence-electron chi connectivity index (χ4n) is 3.12. The van der Waals surface area contributed by atoms with E-state index in [1.165, 1.54) is 12.1 Å². The molecule has 0 fully saturated rings. The summed E-state index contributed by atoms with van der Waals surface area (Å²) in [7, 11) is 1.87. The molecule has 29 heavy (non-hydrogen) atoms. The first-order valence-electron chi connectivity index (χ1n) is 9.74. The lowest BCUT2D eigenvalue weighted by atomic mass is 10.1. The van der Waals surface area contributed by atoms with Crippen molar-refractivity contribution in [2.45, 2.75) is 32.2 Å². The summed E-state index contributed by atoms with van der Waals surface area (Å²) in [5.41, 5.74) is 1.94. The molecule has 1 amide bonds. The van der Waals surface area contributed by atoms with Crippen molar-refractivity contribution in [3.8, 4) is 5.75 Å². The summed E-state index contributed by atoms with van der Waals surface area (Å²) < 4.78 is 20.9. The van der Waals surface area contributed by atoms with Gasteiger partial charge in [0.05, 0.1) is 6.61 Å². The van der Waals surface area contributed by atoms with Gasteiger partial charge in [-0.1, -0.05) is 24.3 Å². The van der Waals surface area contributed by atoms with E-state index >= 15 is 0 Å². The van der Waals surface area contributed by atoms with Crippen molar-refractivity contribution in [1.29, 1.82) is 0 Å². The van der Waals surface area contributed by atoms with Gasteiger partial charge in [-0.2, -0.15) is 0 Å². The lowest BCUT2D eigenvalue weighted by Gasteiger charge is -2.19. The highest BCUT2D eigenvalue weighted by Gasteiger charge is 2.20. The number of halogens is 1. The zero-order valence-electron chi connectivity index (χ0n) is 16.8. The van der Waals surface area contributed by atoms with Gasteiger partial charge in [-0.15, -0.1) is 0 Å². The molecule has 0 spiro atoms. The predicted molar refractivity (Wildman–Crippen MR) is 110 cm³/mol. The minimum absolute atomic E-state index is 0.0714. The third kappa shape index (κ3) is 5.91. The average Bonchev–Trinajstić information content (AvgIpc) is 3.12. The standard InChI is InChI=1S/C23H26FN3O2/c1-17-6-5-7-20(16-17)29-15-4-3-8-21(28)26-22(23-25-13-14-27(23)2)18-9-11-19(24)12-10-18/h5-7,9-14,16,22H,3-4,8,15H2,1-2H3,(H,26,28). The van der Waals surface area contributed by atoms with Crippen molar-refractivity contribution in [1.82, 2.24) is 14.9 Å². The van der Waals surface area contributed by atoms with Crippen LogP contribution in [0.4, 0.5) is 4.39 Å². The fourth-order valence-corrected chi connectivity index (χ4v) is 3.12. The Hall–Kier alpha value is -3.15. The van der Waals surface area contributed by atoms with E-state index in [4.69, 9.17) is 4.74 Å². The predicted octanol–water partition coefficient (Wildman–Crippen LogP) is 4.32. The lowest BCUT2D eigenvalue weighted by molar-refractivity contribution is -0.121. The molecule has 0 saturated heterocycles. The largest absolute Gasteiger partial charge is 0.494 e. The van der Waals surface area contributed by atoms with E-state index in [1.807, 2.05) is 49.0 Å². The van der Waals surface area contributed by atoms with Crippen molar-refractivity contribution < 1.29 is 13.9 Å². The third-order valence-electron chi connectivity index (χ3n) is 4.68. The van der Waals surface area contributed by atoms with Gasteiger partial charge in [-0.05, 0) is 55.2 Å². The van der Waals surface area contributed by atoms with Gasteiger partial charge in [0.25, 0.3) is 0 Å². The Morgan fingerprint density at radius 1 is 1.21 bits per heavy atom. The second kappa shape index (κ2) is 9.87. The molecule has 3 rings (SSSR count). The SMILES string of the molecule is Cc1cccc(OCCCCC(=O)NC(c2ccc(F)cc2)c2nccn2C)c1. The van der Waals surface area contributed by atoms with Crippen LogP contribution in [-0.4, -0.2) is 22.1 Å².